The number of benzene rings is 2. The van der Waals surface area contributed by atoms with Crippen molar-refractivity contribution in [1.82, 2.24) is 14.5 Å². The number of carbonyl (C=O) groups is 2. The Morgan fingerprint density at radius 3 is 2.36 bits per heavy atom. The largest absolute Gasteiger partial charge is 0.462 e. The van der Waals surface area contributed by atoms with Gasteiger partial charge in [0.05, 0.1) is 23.2 Å². The highest BCUT2D eigenvalue weighted by Gasteiger charge is 2.28. The lowest BCUT2D eigenvalue weighted by Gasteiger charge is -2.21. The number of anilines is 1. The molecule has 5 rings (SSSR count). The molecule has 0 atom stereocenters. The van der Waals surface area contributed by atoms with E-state index < -0.39 is 5.97 Å². The molecule has 186 valence electrons. The van der Waals surface area contributed by atoms with Crippen LogP contribution >= 0.6 is 0 Å². The van der Waals surface area contributed by atoms with E-state index >= 15 is 0 Å². The van der Waals surface area contributed by atoms with Crippen molar-refractivity contribution in [2.24, 2.45) is 0 Å². The molecule has 0 amide bonds. The fourth-order valence-electron chi connectivity index (χ4n) is 4.66. The van der Waals surface area contributed by atoms with Crippen molar-refractivity contribution in [1.29, 1.82) is 0 Å². The van der Waals surface area contributed by atoms with Gasteiger partial charge in [0.25, 0.3) is 0 Å². The Morgan fingerprint density at radius 2 is 1.67 bits per heavy atom. The van der Waals surface area contributed by atoms with Gasteiger partial charge in [-0.2, -0.15) is 0 Å². The van der Waals surface area contributed by atoms with Gasteiger partial charge in [0, 0.05) is 5.69 Å². The molecule has 1 saturated carbocycles. The summed E-state index contributed by atoms with van der Waals surface area (Å²) in [5, 5.41) is 0. The van der Waals surface area contributed by atoms with Gasteiger partial charge >= 0.3 is 11.9 Å². The van der Waals surface area contributed by atoms with E-state index in [0.717, 1.165) is 44.9 Å². The molecule has 0 radical (unpaired) electrons. The Bertz CT molecular complexity index is 1400. The van der Waals surface area contributed by atoms with Crippen molar-refractivity contribution >= 4 is 40.0 Å². The van der Waals surface area contributed by atoms with Crippen molar-refractivity contribution in [3.63, 3.8) is 0 Å². The molecule has 0 saturated heterocycles. The van der Waals surface area contributed by atoms with Crippen LogP contribution in [0.3, 0.4) is 0 Å². The molecule has 1 fully saturated rings. The standard InChI is InChI=1S/C28H30N4O4/c1-2-3-17-35-27(33)18-13-15-19(16-14-18)32-25(29)23(28(34)36-20-9-5-4-6-10-20)24-26(32)31-22-12-8-7-11-21(22)30-24/h7-8,11-16,20H,2-6,9-10,17,29H2,1H3. The monoisotopic (exact) mass is 486 g/mol. The fraction of sp³-hybridized carbons (Fsp3) is 0.357. The van der Waals surface area contributed by atoms with E-state index in [-0.39, 0.29) is 23.5 Å². The number of rotatable bonds is 7. The smallest absolute Gasteiger partial charge is 0.344 e. The summed E-state index contributed by atoms with van der Waals surface area (Å²) in [6, 6.07) is 14.4. The molecule has 0 aliphatic heterocycles. The van der Waals surface area contributed by atoms with Gasteiger partial charge in [-0.05, 0) is 68.5 Å². The molecule has 1 aliphatic carbocycles. The number of nitrogens with two attached hydrogens (primary N) is 1. The Morgan fingerprint density at radius 1 is 0.972 bits per heavy atom. The number of ether oxygens (including phenoxy) is 2. The van der Waals surface area contributed by atoms with Gasteiger partial charge in [0.15, 0.2) is 5.65 Å². The molecule has 8 nitrogen and oxygen atoms in total. The first-order valence-corrected chi connectivity index (χ1v) is 12.6. The van der Waals surface area contributed by atoms with Gasteiger partial charge in [-0.1, -0.05) is 31.9 Å². The zero-order valence-corrected chi connectivity index (χ0v) is 20.4. The van der Waals surface area contributed by atoms with Crippen LogP contribution in [-0.4, -0.2) is 39.2 Å². The first kappa shape index (κ1) is 23.8. The Kier molecular flexibility index (Phi) is 6.84. The van der Waals surface area contributed by atoms with E-state index in [1.54, 1.807) is 28.8 Å². The normalized spacial score (nSPS) is 14.2. The quantitative estimate of drug-likeness (QED) is 0.267. The molecule has 4 aromatic rings. The molecule has 2 N–H and O–H groups in total. The predicted molar refractivity (Wildman–Crippen MR) is 138 cm³/mol. The summed E-state index contributed by atoms with van der Waals surface area (Å²) >= 11 is 0. The SMILES string of the molecule is CCCCOC(=O)c1ccc(-n2c(N)c(C(=O)OC3CCCCC3)c3nc4ccccc4nc32)cc1. The molecule has 1 aliphatic rings. The number of nitrogens with zero attached hydrogens (tertiary/aromatic N) is 3. The number of fused-ring (bicyclic) bond motifs is 2. The summed E-state index contributed by atoms with van der Waals surface area (Å²) in [6.07, 6.45) is 6.63. The van der Waals surface area contributed by atoms with Crippen LogP contribution in [0.2, 0.25) is 0 Å². The van der Waals surface area contributed by atoms with Gasteiger partial charge < -0.3 is 15.2 Å². The Labute approximate surface area is 209 Å². The number of aromatic nitrogens is 3. The van der Waals surface area contributed by atoms with Crippen molar-refractivity contribution in [2.75, 3.05) is 12.3 Å². The van der Waals surface area contributed by atoms with Crippen LogP contribution in [-0.2, 0) is 9.47 Å². The van der Waals surface area contributed by atoms with E-state index in [1.807, 2.05) is 31.2 Å². The van der Waals surface area contributed by atoms with Gasteiger partial charge in [-0.3, -0.25) is 4.57 Å². The predicted octanol–water partition coefficient (Wildman–Crippen LogP) is 5.60. The number of para-hydroxylation sites is 2. The Balaban J connectivity index is 1.56. The van der Waals surface area contributed by atoms with E-state index in [9.17, 15) is 9.59 Å². The molecular formula is C28H30N4O4. The third-order valence-corrected chi connectivity index (χ3v) is 6.62. The third kappa shape index (κ3) is 4.63. The minimum Gasteiger partial charge on any atom is -0.462 e. The lowest BCUT2D eigenvalue weighted by Crippen LogP contribution is -2.21. The first-order valence-electron chi connectivity index (χ1n) is 12.6. The van der Waals surface area contributed by atoms with Gasteiger partial charge in [0.1, 0.15) is 23.0 Å². The van der Waals surface area contributed by atoms with Crippen molar-refractivity contribution in [3.8, 4) is 5.69 Å². The topological polar surface area (TPSA) is 109 Å². The minimum atomic E-state index is -0.483. The van der Waals surface area contributed by atoms with Crippen LogP contribution in [0.5, 0.6) is 0 Å². The van der Waals surface area contributed by atoms with E-state index in [1.165, 1.54) is 0 Å². The molecular weight excluding hydrogens is 456 g/mol. The zero-order valence-electron chi connectivity index (χ0n) is 20.4. The molecule has 2 aromatic heterocycles. The maximum absolute atomic E-state index is 13.4. The van der Waals surface area contributed by atoms with Gasteiger partial charge in [0.2, 0.25) is 0 Å². The van der Waals surface area contributed by atoms with Crippen LogP contribution in [0.25, 0.3) is 27.9 Å². The molecule has 0 spiro atoms. The van der Waals surface area contributed by atoms with E-state index in [0.29, 0.717) is 40.1 Å². The summed E-state index contributed by atoms with van der Waals surface area (Å²) in [7, 11) is 0. The van der Waals surface area contributed by atoms with Crippen molar-refractivity contribution in [2.45, 2.75) is 58.0 Å². The van der Waals surface area contributed by atoms with E-state index in [4.69, 9.17) is 25.2 Å². The van der Waals surface area contributed by atoms with Crippen LogP contribution < -0.4 is 5.73 Å². The van der Waals surface area contributed by atoms with E-state index in [2.05, 4.69) is 0 Å². The van der Waals surface area contributed by atoms with Gasteiger partial charge in [-0.25, -0.2) is 19.6 Å². The fourth-order valence-corrected chi connectivity index (χ4v) is 4.66. The second-order valence-electron chi connectivity index (χ2n) is 9.18. The van der Waals surface area contributed by atoms with Crippen LogP contribution in [0.4, 0.5) is 5.82 Å². The summed E-state index contributed by atoms with van der Waals surface area (Å²) < 4.78 is 12.9. The average Bonchev–Trinajstić information content (AvgIpc) is 3.18. The number of nitrogen functional groups attached to an aromatic ring is 1. The highest BCUT2D eigenvalue weighted by molar-refractivity contribution is 6.09. The molecule has 2 aromatic carbocycles. The molecule has 2 heterocycles. The summed E-state index contributed by atoms with van der Waals surface area (Å²) in [5.74, 6) is -0.647. The number of hydrogen-bond donors (Lipinski definition) is 1. The second kappa shape index (κ2) is 10.4. The van der Waals surface area contributed by atoms with Gasteiger partial charge in [-0.15, -0.1) is 0 Å². The molecule has 0 unspecified atom stereocenters. The first-order chi connectivity index (χ1) is 17.6. The number of unbranched alkanes of at least 4 members (excludes halogenated alkanes) is 1. The zero-order chi connectivity index (χ0) is 25.1. The maximum Gasteiger partial charge on any atom is 0.344 e. The summed E-state index contributed by atoms with van der Waals surface area (Å²) in [4.78, 5) is 35.2. The average molecular weight is 487 g/mol. The minimum absolute atomic E-state index is 0.115. The molecule has 36 heavy (non-hydrogen) atoms. The van der Waals surface area contributed by atoms with Crippen LogP contribution in [0.15, 0.2) is 48.5 Å². The maximum atomic E-state index is 13.4. The highest BCUT2D eigenvalue weighted by atomic mass is 16.5. The lowest BCUT2D eigenvalue weighted by atomic mass is 9.98. The van der Waals surface area contributed by atoms with Crippen molar-refractivity contribution < 1.29 is 19.1 Å². The van der Waals surface area contributed by atoms with Crippen molar-refractivity contribution in [3.05, 3.63) is 59.7 Å². The number of esters is 2. The van der Waals surface area contributed by atoms with Crippen LogP contribution in [0, 0.1) is 0 Å². The highest BCUT2D eigenvalue weighted by Crippen LogP contribution is 2.33. The second-order valence-corrected chi connectivity index (χ2v) is 9.18. The number of carbonyl (C=O) groups excluding carboxylic acids is 2. The third-order valence-electron chi connectivity index (χ3n) is 6.62. The lowest BCUT2D eigenvalue weighted by molar-refractivity contribution is 0.0214. The molecule has 8 heteroatoms. The number of hydrogen-bond acceptors (Lipinski definition) is 7. The summed E-state index contributed by atoms with van der Waals surface area (Å²) in [5.41, 5.74) is 10.1. The van der Waals surface area contributed by atoms with Crippen LogP contribution in [0.1, 0.15) is 72.6 Å². The molecule has 0 bridgehead atoms. The Hall–Kier alpha value is -3.94. The summed E-state index contributed by atoms with van der Waals surface area (Å²) in [6.45, 7) is 2.43.